The number of benzene rings is 2. The van der Waals surface area contributed by atoms with E-state index in [0.717, 1.165) is 16.0 Å². The van der Waals surface area contributed by atoms with Crippen molar-refractivity contribution in [3.63, 3.8) is 0 Å². The summed E-state index contributed by atoms with van der Waals surface area (Å²) < 4.78 is 4.95. The number of amides is 1. The van der Waals surface area contributed by atoms with Crippen LogP contribution >= 0.6 is 11.6 Å². The minimum absolute atomic E-state index is 0.103. The summed E-state index contributed by atoms with van der Waals surface area (Å²) >= 11 is 5.97. The molecule has 1 aliphatic rings. The number of rotatable bonds is 5. The van der Waals surface area contributed by atoms with Gasteiger partial charge in [0.1, 0.15) is 6.54 Å². The maximum absolute atomic E-state index is 12.4. The van der Waals surface area contributed by atoms with E-state index in [1.165, 1.54) is 12.7 Å². The van der Waals surface area contributed by atoms with Crippen molar-refractivity contribution in [3.05, 3.63) is 70.2 Å². The molecule has 2 N–H and O–H groups in total. The molecule has 2 aromatic carbocycles. The lowest BCUT2D eigenvalue weighted by molar-refractivity contribution is -0.924. The molecule has 0 saturated heterocycles. The van der Waals surface area contributed by atoms with Crippen molar-refractivity contribution in [1.82, 2.24) is 5.32 Å². The summed E-state index contributed by atoms with van der Waals surface area (Å²) in [7, 11) is 1.39. The quantitative estimate of drug-likeness (QED) is 0.773. The fraction of sp³-hybridized carbons (Fsp3) is 0.300. The Bertz CT molecular complexity index is 809. The van der Waals surface area contributed by atoms with Crippen LogP contribution in [0.1, 0.15) is 16.7 Å². The molecule has 136 valence electrons. The second kappa shape index (κ2) is 8.34. The topological polar surface area (TPSA) is 59.8 Å². The summed E-state index contributed by atoms with van der Waals surface area (Å²) in [6.45, 7) is 1.25. The Kier molecular flexibility index (Phi) is 5.91. The van der Waals surface area contributed by atoms with Crippen molar-refractivity contribution >= 4 is 23.5 Å². The van der Waals surface area contributed by atoms with Crippen LogP contribution in [0.5, 0.6) is 0 Å². The Balaban J connectivity index is 1.66. The van der Waals surface area contributed by atoms with Crippen LogP contribution in [0.3, 0.4) is 0 Å². The molecule has 3 rings (SSSR count). The molecular formula is C20H22ClN2O3+. The maximum atomic E-state index is 12.4. The number of hydrogen-bond acceptors (Lipinski definition) is 3. The van der Waals surface area contributed by atoms with Crippen LogP contribution in [0.25, 0.3) is 0 Å². The van der Waals surface area contributed by atoms with Crippen molar-refractivity contribution < 1.29 is 19.2 Å². The number of esters is 1. The summed E-state index contributed by atoms with van der Waals surface area (Å²) in [5.74, 6) is -0.384. The number of ether oxygens (including phenoxy) is 1. The zero-order chi connectivity index (χ0) is 18.5. The van der Waals surface area contributed by atoms with Crippen LogP contribution in [0.4, 0.5) is 0 Å². The average molecular weight is 374 g/mol. The Morgan fingerprint density at radius 1 is 1.19 bits per heavy atom. The van der Waals surface area contributed by atoms with E-state index >= 15 is 0 Å². The molecule has 2 aromatic rings. The van der Waals surface area contributed by atoms with Gasteiger partial charge in [0.25, 0.3) is 5.91 Å². The first-order valence-corrected chi connectivity index (χ1v) is 8.95. The fourth-order valence-corrected chi connectivity index (χ4v) is 3.57. The van der Waals surface area contributed by atoms with Crippen LogP contribution in [-0.2, 0) is 33.8 Å². The predicted molar refractivity (Wildman–Crippen MR) is 98.8 cm³/mol. The third-order valence-corrected chi connectivity index (χ3v) is 4.94. The SMILES string of the molecule is COC(=O)[C@H]1Cc2ccccc2C[NH+]1CC(=O)NCc1cccc(Cl)c1. The molecule has 1 unspecified atom stereocenters. The Morgan fingerprint density at radius 3 is 2.69 bits per heavy atom. The van der Waals surface area contributed by atoms with Crippen molar-refractivity contribution in [2.45, 2.75) is 25.6 Å². The largest absolute Gasteiger partial charge is 0.465 e. The Labute approximate surface area is 157 Å². The van der Waals surface area contributed by atoms with Crippen LogP contribution < -0.4 is 10.2 Å². The van der Waals surface area contributed by atoms with Crippen LogP contribution in [0.2, 0.25) is 5.02 Å². The zero-order valence-corrected chi connectivity index (χ0v) is 15.4. The normalized spacial score (nSPS) is 18.7. The lowest BCUT2D eigenvalue weighted by Gasteiger charge is -2.31. The number of halogens is 1. The minimum Gasteiger partial charge on any atom is -0.465 e. The van der Waals surface area contributed by atoms with E-state index in [2.05, 4.69) is 5.32 Å². The Hall–Kier alpha value is -2.37. The second-order valence-electron chi connectivity index (χ2n) is 6.47. The van der Waals surface area contributed by atoms with Crippen LogP contribution in [0.15, 0.2) is 48.5 Å². The molecule has 0 radical (unpaired) electrons. The van der Waals surface area contributed by atoms with E-state index in [1.807, 2.05) is 42.5 Å². The summed E-state index contributed by atoms with van der Waals surface area (Å²) in [6.07, 6.45) is 0.583. The molecule has 0 bridgehead atoms. The summed E-state index contributed by atoms with van der Waals surface area (Å²) in [5, 5.41) is 3.54. The van der Waals surface area contributed by atoms with Gasteiger partial charge in [-0.05, 0) is 23.3 Å². The van der Waals surface area contributed by atoms with Gasteiger partial charge in [-0.15, -0.1) is 0 Å². The first kappa shape index (κ1) is 18.4. The highest BCUT2D eigenvalue weighted by atomic mass is 35.5. The second-order valence-corrected chi connectivity index (χ2v) is 6.90. The van der Waals surface area contributed by atoms with Crippen LogP contribution in [-0.4, -0.2) is 31.6 Å². The van der Waals surface area contributed by atoms with E-state index in [0.29, 0.717) is 24.5 Å². The maximum Gasteiger partial charge on any atom is 0.365 e. The van der Waals surface area contributed by atoms with Crippen molar-refractivity contribution in [3.8, 4) is 0 Å². The summed E-state index contributed by atoms with van der Waals surface area (Å²) in [5.41, 5.74) is 3.26. The van der Waals surface area contributed by atoms with Crippen molar-refractivity contribution in [1.29, 1.82) is 0 Å². The molecule has 0 spiro atoms. The molecule has 1 amide bonds. The molecule has 5 nitrogen and oxygen atoms in total. The highest BCUT2D eigenvalue weighted by molar-refractivity contribution is 6.30. The number of hydrogen-bond donors (Lipinski definition) is 2. The fourth-order valence-electron chi connectivity index (χ4n) is 3.36. The molecule has 1 aliphatic heterocycles. The number of nitrogens with one attached hydrogen (secondary N) is 2. The third kappa shape index (κ3) is 4.42. The first-order valence-electron chi connectivity index (χ1n) is 8.57. The van der Waals surface area contributed by atoms with E-state index < -0.39 is 0 Å². The monoisotopic (exact) mass is 373 g/mol. The lowest BCUT2D eigenvalue weighted by Crippen LogP contribution is -3.17. The molecule has 0 aliphatic carbocycles. The van der Waals surface area contributed by atoms with Crippen LogP contribution in [0, 0.1) is 0 Å². The van der Waals surface area contributed by atoms with Gasteiger partial charge in [-0.1, -0.05) is 48.0 Å². The molecular weight excluding hydrogens is 352 g/mol. The van der Waals surface area contributed by atoms with E-state index in [9.17, 15) is 9.59 Å². The minimum atomic E-state index is -0.369. The van der Waals surface area contributed by atoms with Gasteiger partial charge in [0.2, 0.25) is 0 Å². The van der Waals surface area contributed by atoms with Crippen molar-refractivity contribution in [2.75, 3.05) is 13.7 Å². The van der Waals surface area contributed by atoms with E-state index in [-0.39, 0.29) is 24.5 Å². The Morgan fingerprint density at radius 2 is 1.96 bits per heavy atom. The van der Waals surface area contributed by atoms with Gasteiger partial charge in [-0.25, -0.2) is 4.79 Å². The summed E-state index contributed by atoms with van der Waals surface area (Å²) in [6, 6.07) is 15.0. The average Bonchev–Trinajstić information content (AvgIpc) is 2.65. The van der Waals surface area contributed by atoms with E-state index in [4.69, 9.17) is 16.3 Å². The molecule has 0 saturated carbocycles. The summed E-state index contributed by atoms with van der Waals surface area (Å²) in [4.78, 5) is 25.5. The number of methoxy groups -OCH3 is 1. The predicted octanol–water partition coefficient (Wildman–Crippen LogP) is 1.14. The van der Waals surface area contributed by atoms with Gasteiger partial charge in [0, 0.05) is 23.6 Å². The molecule has 26 heavy (non-hydrogen) atoms. The van der Waals surface area contributed by atoms with Gasteiger partial charge < -0.3 is 15.0 Å². The van der Waals surface area contributed by atoms with Gasteiger partial charge >= 0.3 is 5.97 Å². The molecule has 0 aromatic heterocycles. The molecule has 6 heteroatoms. The highest BCUT2D eigenvalue weighted by Gasteiger charge is 2.36. The lowest BCUT2D eigenvalue weighted by atomic mass is 9.94. The number of fused-ring (bicyclic) bond motifs is 1. The van der Waals surface area contributed by atoms with Crippen molar-refractivity contribution in [2.24, 2.45) is 0 Å². The van der Waals surface area contributed by atoms with Gasteiger partial charge in [0.15, 0.2) is 12.6 Å². The molecule has 1 heterocycles. The highest BCUT2D eigenvalue weighted by Crippen LogP contribution is 2.14. The number of carbonyl (C=O) groups excluding carboxylic acids is 2. The van der Waals surface area contributed by atoms with Gasteiger partial charge in [-0.2, -0.15) is 0 Å². The standard InChI is InChI=1S/C20H21ClN2O3/c1-26-20(25)18-10-15-6-2-3-7-16(15)12-23(18)13-19(24)22-11-14-5-4-8-17(21)9-14/h2-9,18H,10-13H2,1H3,(H,22,24)/p+1/t18-/m1/s1. The first-order chi connectivity index (χ1) is 12.6. The van der Waals surface area contributed by atoms with E-state index in [1.54, 1.807) is 6.07 Å². The smallest absolute Gasteiger partial charge is 0.365 e. The molecule has 2 atom stereocenters. The third-order valence-electron chi connectivity index (χ3n) is 4.70. The van der Waals surface area contributed by atoms with Gasteiger partial charge in [-0.3, -0.25) is 4.79 Å². The number of quaternary nitrogens is 1. The zero-order valence-electron chi connectivity index (χ0n) is 14.6. The van der Waals surface area contributed by atoms with Gasteiger partial charge in [0.05, 0.1) is 7.11 Å². The molecule has 0 fully saturated rings. The number of carbonyl (C=O) groups is 2.